The van der Waals surface area contributed by atoms with Crippen molar-refractivity contribution in [1.29, 1.82) is 0 Å². The molecule has 0 N–H and O–H groups in total. The largest absolute Gasteiger partial charge is 0.294 e. The van der Waals surface area contributed by atoms with Crippen LogP contribution in [0.25, 0.3) is 10.9 Å². The SMILES string of the molecule is C[Si](C)(C)n1ncc2ccc[c]c21. The fourth-order valence-corrected chi connectivity index (χ4v) is 2.68. The third-order valence-corrected chi connectivity index (χ3v) is 3.63. The van der Waals surface area contributed by atoms with Gasteiger partial charge >= 0.3 is 0 Å². The average Bonchev–Trinajstić information content (AvgIpc) is 2.45. The molecule has 2 nitrogen and oxygen atoms in total. The van der Waals surface area contributed by atoms with Gasteiger partial charge in [-0.2, -0.15) is 5.10 Å². The van der Waals surface area contributed by atoms with E-state index >= 15 is 0 Å². The Morgan fingerprint density at radius 3 is 2.85 bits per heavy atom. The summed E-state index contributed by atoms with van der Waals surface area (Å²) in [6.07, 6.45) is 1.92. The molecule has 0 unspecified atom stereocenters. The Hall–Kier alpha value is -1.09. The summed E-state index contributed by atoms with van der Waals surface area (Å²) in [5, 5.41) is 5.60. The second-order valence-electron chi connectivity index (χ2n) is 4.20. The molecule has 1 aromatic heterocycles. The number of nitrogens with zero attached hydrogens (tertiary/aromatic N) is 2. The first kappa shape index (κ1) is 8.50. The van der Waals surface area contributed by atoms with E-state index in [1.807, 2.05) is 18.3 Å². The van der Waals surface area contributed by atoms with E-state index in [0.717, 1.165) is 5.52 Å². The van der Waals surface area contributed by atoms with Gasteiger partial charge in [-0.15, -0.1) is 0 Å². The Morgan fingerprint density at radius 1 is 1.38 bits per heavy atom. The average molecular weight is 189 g/mol. The van der Waals surface area contributed by atoms with E-state index in [1.165, 1.54) is 5.39 Å². The van der Waals surface area contributed by atoms with E-state index in [0.29, 0.717) is 0 Å². The quantitative estimate of drug-likeness (QED) is 0.630. The van der Waals surface area contributed by atoms with Crippen molar-refractivity contribution in [3.63, 3.8) is 0 Å². The molecule has 0 bridgehead atoms. The third-order valence-electron chi connectivity index (χ3n) is 2.03. The Labute approximate surface area is 79.3 Å². The summed E-state index contributed by atoms with van der Waals surface area (Å²) in [7, 11) is -1.37. The molecule has 0 fully saturated rings. The Kier molecular flexibility index (Phi) is 1.77. The van der Waals surface area contributed by atoms with Crippen LogP contribution in [0.3, 0.4) is 0 Å². The second kappa shape index (κ2) is 2.70. The third kappa shape index (κ3) is 1.39. The minimum Gasteiger partial charge on any atom is -0.294 e. The highest BCUT2D eigenvalue weighted by molar-refractivity contribution is 6.75. The molecule has 0 aliphatic heterocycles. The predicted octanol–water partition coefficient (Wildman–Crippen LogP) is 2.52. The van der Waals surface area contributed by atoms with Crippen LogP contribution in [0.4, 0.5) is 0 Å². The van der Waals surface area contributed by atoms with E-state index in [9.17, 15) is 0 Å². The van der Waals surface area contributed by atoms with Crippen molar-refractivity contribution in [2.24, 2.45) is 0 Å². The molecule has 67 valence electrons. The lowest BCUT2D eigenvalue weighted by Crippen LogP contribution is -2.32. The molecule has 2 rings (SSSR count). The lowest BCUT2D eigenvalue weighted by atomic mass is 10.3. The highest BCUT2D eigenvalue weighted by Crippen LogP contribution is 2.16. The number of hydrogen-bond acceptors (Lipinski definition) is 1. The van der Waals surface area contributed by atoms with Gasteiger partial charge in [-0.3, -0.25) is 4.35 Å². The fourth-order valence-electron chi connectivity index (χ4n) is 1.41. The van der Waals surface area contributed by atoms with Gasteiger partial charge in [0.25, 0.3) is 0 Å². The normalized spacial score (nSPS) is 12.2. The first-order chi connectivity index (χ1) is 6.09. The van der Waals surface area contributed by atoms with Crippen molar-refractivity contribution in [2.75, 3.05) is 0 Å². The summed E-state index contributed by atoms with van der Waals surface area (Å²) < 4.78 is 2.14. The molecule has 1 heterocycles. The van der Waals surface area contributed by atoms with E-state index in [2.05, 4.69) is 41.2 Å². The standard InChI is InChI=1S/C10H13N2Si/c1-13(2,3)12-10-7-5-4-6-9(10)8-11-12/h4-6,8H,1-3H3. The zero-order chi connectivity index (χ0) is 9.47. The molecule has 0 aliphatic rings. The molecule has 1 aromatic carbocycles. The molecule has 0 atom stereocenters. The first-order valence-corrected chi connectivity index (χ1v) is 7.89. The molecule has 13 heavy (non-hydrogen) atoms. The van der Waals surface area contributed by atoms with Crippen LogP contribution in [0, 0.1) is 6.07 Å². The van der Waals surface area contributed by atoms with Crippen molar-refractivity contribution >= 4 is 19.1 Å². The summed E-state index contributed by atoms with van der Waals surface area (Å²) in [6.45, 7) is 6.83. The van der Waals surface area contributed by atoms with Crippen LogP contribution < -0.4 is 0 Å². The summed E-state index contributed by atoms with van der Waals surface area (Å²) >= 11 is 0. The minimum atomic E-state index is -1.37. The highest BCUT2D eigenvalue weighted by atomic mass is 28.3. The minimum absolute atomic E-state index is 1.14. The molecule has 0 amide bonds. The Bertz CT molecular complexity index is 426. The number of aromatic nitrogens is 2. The zero-order valence-electron chi connectivity index (χ0n) is 8.20. The molecule has 2 aromatic rings. The van der Waals surface area contributed by atoms with E-state index in [1.54, 1.807) is 0 Å². The summed E-state index contributed by atoms with van der Waals surface area (Å²) in [4.78, 5) is 0. The number of para-hydroxylation sites is 1. The van der Waals surface area contributed by atoms with Crippen LogP contribution in [0.1, 0.15) is 0 Å². The predicted molar refractivity (Wildman–Crippen MR) is 57.3 cm³/mol. The van der Waals surface area contributed by atoms with E-state index in [-0.39, 0.29) is 0 Å². The number of fused-ring (bicyclic) bond motifs is 1. The molecule has 0 aliphatic carbocycles. The molecule has 3 heteroatoms. The van der Waals surface area contributed by atoms with Crippen LogP contribution in [0.5, 0.6) is 0 Å². The lowest BCUT2D eigenvalue weighted by molar-refractivity contribution is 0.963. The maximum Gasteiger partial charge on any atom is 0.176 e. The fraction of sp³-hybridized carbons (Fsp3) is 0.300. The maximum atomic E-state index is 4.41. The van der Waals surface area contributed by atoms with Crippen LogP contribution in [-0.4, -0.2) is 17.7 Å². The molecular weight excluding hydrogens is 176 g/mol. The molecule has 0 spiro atoms. The van der Waals surface area contributed by atoms with Crippen molar-refractivity contribution < 1.29 is 0 Å². The van der Waals surface area contributed by atoms with Gasteiger partial charge < -0.3 is 0 Å². The molecular formula is C10H13N2Si. The molecule has 0 saturated heterocycles. The Morgan fingerprint density at radius 2 is 2.15 bits per heavy atom. The molecule has 1 radical (unpaired) electrons. The van der Waals surface area contributed by atoms with Crippen molar-refractivity contribution in [3.05, 3.63) is 30.5 Å². The van der Waals surface area contributed by atoms with Crippen LogP contribution in [-0.2, 0) is 0 Å². The zero-order valence-corrected chi connectivity index (χ0v) is 9.20. The van der Waals surface area contributed by atoms with Gasteiger partial charge in [-0.05, 0) is 19.6 Å². The van der Waals surface area contributed by atoms with Crippen LogP contribution >= 0.6 is 0 Å². The van der Waals surface area contributed by atoms with E-state index < -0.39 is 8.24 Å². The summed E-state index contributed by atoms with van der Waals surface area (Å²) in [5.74, 6) is 0. The van der Waals surface area contributed by atoms with Gasteiger partial charge in [0.15, 0.2) is 8.24 Å². The van der Waals surface area contributed by atoms with Crippen molar-refractivity contribution in [2.45, 2.75) is 19.6 Å². The maximum absolute atomic E-state index is 4.41. The van der Waals surface area contributed by atoms with Crippen LogP contribution in [0.2, 0.25) is 19.6 Å². The van der Waals surface area contributed by atoms with Crippen LogP contribution in [0.15, 0.2) is 24.4 Å². The second-order valence-corrected chi connectivity index (χ2v) is 8.97. The number of rotatable bonds is 1. The van der Waals surface area contributed by atoms with Crippen molar-refractivity contribution in [3.8, 4) is 0 Å². The topological polar surface area (TPSA) is 17.8 Å². The van der Waals surface area contributed by atoms with E-state index in [4.69, 9.17) is 0 Å². The van der Waals surface area contributed by atoms with Crippen molar-refractivity contribution in [1.82, 2.24) is 9.45 Å². The first-order valence-electron chi connectivity index (χ1n) is 4.44. The Balaban J connectivity index is 2.72. The van der Waals surface area contributed by atoms with Gasteiger partial charge in [0.2, 0.25) is 0 Å². The van der Waals surface area contributed by atoms with Gasteiger partial charge in [-0.25, -0.2) is 0 Å². The highest BCUT2D eigenvalue weighted by Gasteiger charge is 2.19. The monoisotopic (exact) mass is 189 g/mol. The smallest absolute Gasteiger partial charge is 0.176 e. The van der Waals surface area contributed by atoms with Gasteiger partial charge in [-0.1, -0.05) is 18.2 Å². The van der Waals surface area contributed by atoms with Gasteiger partial charge in [0, 0.05) is 11.5 Å². The van der Waals surface area contributed by atoms with Gasteiger partial charge in [0.05, 0.1) is 11.7 Å². The summed E-state index contributed by atoms with van der Waals surface area (Å²) in [5.41, 5.74) is 1.14. The number of benzene rings is 1. The number of hydrogen-bond donors (Lipinski definition) is 0. The van der Waals surface area contributed by atoms with Gasteiger partial charge in [0.1, 0.15) is 0 Å². The lowest BCUT2D eigenvalue weighted by Gasteiger charge is -2.17. The summed E-state index contributed by atoms with van der Waals surface area (Å²) in [6, 6.07) is 9.26. The molecule has 0 saturated carbocycles.